The molecule has 2 amide bonds. The van der Waals surface area contributed by atoms with Gasteiger partial charge in [-0.3, -0.25) is 9.59 Å². The second-order valence-electron chi connectivity index (χ2n) is 7.33. The van der Waals surface area contributed by atoms with Gasteiger partial charge in [-0.05, 0) is 26.8 Å². The summed E-state index contributed by atoms with van der Waals surface area (Å²) in [4.78, 5) is 36.1. The zero-order chi connectivity index (χ0) is 18.6. The van der Waals surface area contributed by atoms with Crippen LogP contribution in [0, 0.1) is 25.7 Å². The molecule has 7 nitrogen and oxygen atoms in total. The Kier molecular flexibility index (Phi) is 3.93. The van der Waals surface area contributed by atoms with Crippen molar-refractivity contribution in [2.24, 2.45) is 21.8 Å². The molecule has 2 fully saturated rings. The summed E-state index contributed by atoms with van der Waals surface area (Å²) in [7, 11) is 0. The van der Waals surface area contributed by atoms with Gasteiger partial charge in [0.05, 0.1) is 11.3 Å². The lowest BCUT2D eigenvalue weighted by molar-refractivity contribution is -0.120. The molecular formula is C18H21FN4O3. The normalized spacial score (nSPS) is 28.3. The Morgan fingerprint density at radius 1 is 1.15 bits per heavy atom. The standard InChI is InChI=1S/C18H21FN4O3/c1-9-4-14(11(3)26-9)17(25)22-5-12-7-23(8-13(12)6-22)18-20-10(2)15(19)16(24)21-18/h4,12-13,15H,5-8H2,1-3H3. The highest BCUT2D eigenvalue weighted by atomic mass is 19.1. The number of aliphatic imine (C=N–C) groups is 2. The molecule has 0 aliphatic carbocycles. The van der Waals surface area contributed by atoms with Crippen LogP contribution in [0.5, 0.6) is 0 Å². The third kappa shape index (κ3) is 2.73. The lowest BCUT2D eigenvalue weighted by Crippen LogP contribution is -2.38. The monoisotopic (exact) mass is 360 g/mol. The van der Waals surface area contributed by atoms with Gasteiger partial charge >= 0.3 is 0 Å². The number of guanidine groups is 1. The molecule has 3 aliphatic rings. The average molecular weight is 360 g/mol. The predicted octanol–water partition coefficient (Wildman–Crippen LogP) is 1.60. The molecule has 138 valence electrons. The van der Waals surface area contributed by atoms with Crippen LogP contribution >= 0.6 is 0 Å². The summed E-state index contributed by atoms with van der Waals surface area (Å²) in [6, 6.07) is 1.78. The van der Waals surface area contributed by atoms with Crippen LogP contribution in [0.4, 0.5) is 4.39 Å². The van der Waals surface area contributed by atoms with Crippen molar-refractivity contribution in [3.05, 3.63) is 23.2 Å². The van der Waals surface area contributed by atoms with Crippen molar-refractivity contribution < 1.29 is 18.4 Å². The summed E-state index contributed by atoms with van der Waals surface area (Å²) in [6.07, 6.45) is -1.73. The Labute approximate surface area is 150 Å². The largest absolute Gasteiger partial charge is 0.466 e. The minimum absolute atomic E-state index is 0.000351. The lowest BCUT2D eigenvalue weighted by atomic mass is 10.0. The molecule has 0 spiro atoms. The van der Waals surface area contributed by atoms with E-state index in [0.29, 0.717) is 55.3 Å². The van der Waals surface area contributed by atoms with Gasteiger partial charge in [0.25, 0.3) is 11.8 Å². The molecule has 1 aromatic heterocycles. The smallest absolute Gasteiger partial charge is 0.289 e. The van der Waals surface area contributed by atoms with Crippen molar-refractivity contribution in [2.45, 2.75) is 26.9 Å². The van der Waals surface area contributed by atoms with Gasteiger partial charge in [0, 0.05) is 38.0 Å². The van der Waals surface area contributed by atoms with Crippen LogP contribution in [0.25, 0.3) is 0 Å². The number of amides is 2. The van der Waals surface area contributed by atoms with E-state index >= 15 is 0 Å². The molecule has 8 heteroatoms. The number of nitrogens with zero attached hydrogens (tertiary/aromatic N) is 4. The van der Waals surface area contributed by atoms with Crippen LogP contribution in [-0.2, 0) is 4.79 Å². The molecule has 0 N–H and O–H groups in total. The minimum Gasteiger partial charge on any atom is -0.466 e. The van der Waals surface area contributed by atoms with Crippen LogP contribution in [0.2, 0.25) is 0 Å². The fraction of sp³-hybridized carbons (Fsp3) is 0.556. The molecular weight excluding hydrogens is 339 g/mol. The first-order chi connectivity index (χ1) is 12.3. The zero-order valence-electron chi connectivity index (χ0n) is 15.0. The second kappa shape index (κ2) is 6.03. The summed E-state index contributed by atoms with van der Waals surface area (Å²) in [5.74, 6) is 1.48. The van der Waals surface area contributed by atoms with E-state index in [1.807, 2.05) is 16.7 Å². The van der Waals surface area contributed by atoms with E-state index in [2.05, 4.69) is 9.98 Å². The van der Waals surface area contributed by atoms with Gasteiger partial charge in [0.15, 0.2) is 0 Å². The van der Waals surface area contributed by atoms with Crippen molar-refractivity contribution >= 4 is 23.5 Å². The van der Waals surface area contributed by atoms with Crippen LogP contribution < -0.4 is 0 Å². The number of hydrogen-bond acceptors (Lipinski definition) is 5. The Hall–Kier alpha value is -2.51. The summed E-state index contributed by atoms with van der Waals surface area (Å²) < 4.78 is 19.0. The highest BCUT2D eigenvalue weighted by Gasteiger charge is 2.44. The van der Waals surface area contributed by atoms with E-state index in [1.165, 1.54) is 6.92 Å². The molecule has 3 unspecified atom stereocenters. The van der Waals surface area contributed by atoms with Crippen LogP contribution in [0.3, 0.4) is 0 Å². The van der Waals surface area contributed by atoms with E-state index in [0.717, 1.165) is 5.76 Å². The number of halogens is 1. The maximum absolute atomic E-state index is 13.5. The first kappa shape index (κ1) is 16.9. The second-order valence-corrected chi connectivity index (χ2v) is 7.33. The molecule has 0 bridgehead atoms. The number of likely N-dealkylation sites (tertiary alicyclic amines) is 2. The Morgan fingerprint density at radius 2 is 1.81 bits per heavy atom. The number of rotatable bonds is 1. The van der Waals surface area contributed by atoms with E-state index in [9.17, 15) is 14.0 Å². The van der Waals surface area contributed by atoms with Gasteiger partial charge in [-0.15, -0.1) is 0 Å². The Bertz CT molecular complexity index is 829. The van der Waals surface area contributed by atoms with E-state index in [-0.39, 0.29) is 11.6 Å². The van der Waals surface area contributed by atoms with Crippen molar-refractivity contribution in [1.29, 1.82) is 0 Å². The maximum atomic E-state index is 13.5. The quantitative estimate of drug-likeness (QED) is 0.762. The van der Waals surface area contributed by atoms with Crippen LogP contribution in [0.15, 0.2) is 20.5 Å². The van der Waals surface area contributed by atoms with E-state index in [4.69, 9.17) is 4.42 Å². The molecule has 4 rings (SSSR count). The SMILES string of the molecule is CC1=NC(N2CC3CN(C(=O)c4cc(C)oc4C)CC3C2)=NC(=O)C1F. The first-order valence-electron chi connectivity index (χ1n) is 8.76. The number of aryl methyl sites for hydroxylation is 2. The summed E-state index contributed by atoms with van der Waals surface area (Å²) in [6.45, 7) is 7.77. The molecule has 1 aromatic rings. The first-order valence-corrected chi connectivity index (χ1v) is 8.76. The van der Waals surface area contributed by atoms with Crippen molar-refractivity contribution in [1.82, 2.24) is 9.80 Å². The maximum Gasteiger partial charge on any atom is 0.289 e. The van der Waals surface area contributed by atoms with Gasteiger partial charge in [-0.25, -0.2) is 9.38 Å². The fourth-order valence-electron chi connectivity index (χ4n) is 4.05. The molecule has 3 aliphatic heterocycles. The lowest BCUT2D eigenvalue weighted by Gasteiger charge is -2.24. The molecule has 0 aromatic carbocycles. The van der Waals surface area contributed by atoms with Crippen LogP contribution in [0.1, 0.15) is 28.8 Å². The van der Waals surface area contributed by atoms with Crippen molar-refractivity contribution in [3.63, 3.8) is 0 Å². The number of furan rings is 1. The summed E-state index contributed by atoms with van der Waals surface area (Å²) in [5.41, 5.74) is 0.774. The molecule has 0 radical (unpaired) electrons. The number of carbonyl (C=O) groups is 2. The van der Waals surface area contributed by atoms with Gasteiger partial charge in [-0.2, -0.15) is 4.99 Å². The highest BCUT2D eigenvalue weighted by Crippen LogP contribution is 2.33. The van der Waals surface area contributed by atoms with Crippen molar-refractivity contribution in [3.8, 4) is 0 Å². The predicted molar refractivity (Wildman–Crippen MR) is 93.1 cm³/mol. The zero-order valence-corrected chi connectivity index (χ0v) is 15.0. The fourth-order valence-corrected chi connectivity index (χ4v) is 4.05. The van der Waals surface area contributed by atoms with Crippen molar-refractivity contribution in [2.75, 3.05) is 26.2 Å². The Morgan fingerprint density at radius 3 is 2.35 bits per heavy atom. The van der Waals surface area contributed by atoms with Gasteiger partial charge in [0.2, 0.25) is 12.1 Å². The molecule has 2 saturated heterocycles. The average Bonchev–Trinajstić information content (AvgIpc) is 3.24. The van der Waals surface area contributed by atoms with Crippen LogP contribution in [-0.4, -0.2) is 65.6 Å². The van der Waals surface area contributed by atoms with E-state index in [1.54, 1.807) is 13.0 Å². The topological polar surface area (TPSA) is 78.5 Å². The number of hydrogen-bond donors (Lipinski definition) is 0. The number of alkyl halides is 1. The van der Waals surface area contributed by atoms with E-state index < -0.39 is 12.1 Å². The third-order valence-corrected chi connectivity index (χ3v) is 5.40. The minimum atomic E-state index is -1.73. The molecule has 0 saturated carbocycles. The highest BCUT2D eigenvalue weighted by molar-refractivity contribution is 6.16. The number of carbonyl (C=O) groups excluding carboxylic acids is 2. The van der Waals surface area contributed by atoms with Gasteiger partial charge < -0.3 is 14.2 Å². The molecule has 3 atom stereocenters. The number of fused-ring (bicyclic) bond motifs is 1. The summed E-state index contributed by atoms with van der Waals surface area (Å²) in [5, 5.41) is 0. The third-order valence-electron chi connectivity index (χ3n) is 5.40. The summed E-state index contributed by atoms with van der Waals surface area (Å²) >= 11 is 0. The van der Waals surface area contributed by atoms with Gasteiger partial charge in [-0.1, -0.05) is 0 Å². The van der Waals surface area contributed by atoms with Gasteiger partial charge in [0.1, 0.15) is 11.5 Å². The Balaban J connectivity index is 1.43. The molecule has 4 heterocycles. The molecule has 26 heavy (non-hydrogen) atoms.